The molecule has 4 rings (SSSR count). The summed E-state index contributed by atoms with van der Waals surface area (Å²) < 4.78 is 1.77. The summed E-state index contributed by atoms with van der Waals surface area (Å²) in [5.41, 5.74) is 4.36. The third-order valence-electron chi connectivity index (χ3n) is 6.17. The number of hydrogen-bond acceptors (Lipinski definition) is 4. The van der Waals surface area contributed by atoms with E-state index < -0.39 is 0 Å². The maximum atomic E-state index is 12.2. The summed E-state index contributed by atoms with van der Waals surface area (Å²) in [5, 5.41) is 5.27. The van der Waals surface area contributed by atoms with Crippen LogP contribution in [-0.2, 0) is 31.8 Å². The molecular formula is C19H26ClN5O. The number of nitrogens with zero attached hydrogens (tertiary/aromatic N) is 4. The molecule has 1 aliphatic carbocycles. The van der Waals surface area contributed by atoms with Gasteiger partial charge in [-0.3, -0.25) is 14.4 Å². The molecule has 0 atom stereocenters. The molecule has 2 aliphatic rings. The average molecular weight is 376 g/mol. The van der Waals surface area contributed by atoms with E-state index in [0.717, 1.165) is 85.2 Å². The van der Waals surface area contributed by atoms with Gasteiger partial charge in [0.25, 0.3) is 5.56 Å². The van der Waals surface area contributed by atoms with Crippen molar-refractivity contribution >= 4 is 11.6 Å². The fourth-order valence-electron chi connectivity index (χ4n) is 4.65. The Morgan fingerprint density at radius 1 is 1.27 bits per heavy atom. The van der Waals surface area contributed by atoms with Gasteiger partial charge in [-0.25, -0.2) is 4.98 Å². The van der Waals surface area contributed by atoms with Crippen molar-refractivity contribution in [2.75, 3.05) is 13.1 Å². The lowest BCUT2D eigenvalue weighted by atomic mass is 9.76. The van der Waals surface area contributed by atoms with Crippen LogP contribution < -0.4 is 5.56 Å². The number of piperidine rings is 1. The summed E-state index contributed by atoms with van der Waals surface area (Å²) in [6.45, 7) is 6.84. The van der Waals surface area contributed by atoms with Crippen LogP contribution in [0, 0.1) is 6.92 Å². The monoisotopic (exact) mass is 375 g/mol. The number of H-pyrrole nitrogens is 1. The molecule has 6 nitrogen and oxygen atoms in total. The van der Waals surface area contributed by atoms with Crippen molar-refractivity contribution < 1.29 is 0 Å². The van der Waals surface area contributed by atoms with Gasteiger partial charge in [0, 0.05) is 30.1 Å². The summed E-state index contributed by atoms with van der Waals surface area (Å²) in [6, 6.07) is 0. The lowest BCUT2D eigenvalue weighted by Crippen LogP contribution is -2.42. The first-order chi connectivity index (χ1) is 12.4. The minimum Gasteiger partial charge on any atom is -0.311 e. The molecule has 7 heteroatoms. The van der Waals surface area contributed by atoms with Gasteiger partial charge in [-0.05, 0) is 52.1 Å². The second kappa shape index (κ2) is 6.50. The first-order valence-corrected chi connectivity index (χ1v) is 9.84. The van der Waals surface area contributed by atoms with Crippen LogP contribution in [0.5, 0.6) is 0 Å². The van der Waals surface area contributed by atoms with Crippen molar-refractivity contribution in [2.24, 2.45) is 7.05 Å². The van der Waals surface area contributed by atoms with E-state index >= 15 is 0 Å². The second-order valence-electron chi connectivity index (χ2n) is 7.73. The van der Waals surface area contributed by atoms with Crippen LogP contribution in [0.4, 0.5) is 0 Å². The Kier molecular flexibility index (Phi) is 4.43. The number of likely N-dealkylation sites (tertiary alicyclic amines) is 1. The van der Waals surface area contributed by atoms with Crippen molar-refractivity contribution in [2.45, 2.75) is 57.9 Å². The average Bonchev–Trinajstić information content (AvgIpc) is 3.10. The molecule has 0 unspecified atom stereocenters. The molecule has 1 aliphatic heterocycles. The number of aromatic nitrogens is 4. The zero-order valence-corrected chi connectivity index (χ0v) is 16.5. The third kappa shape index (κ3) is 2.79. The van der Waals surface area contributed by atoms with E-state index in [0.29, 0.717) is 0 Å². The zero-order chi connectivity index (χ0) is 18.5. The molecule has 1 saturated heterocycles. The molecule has 2 aromatic rings. The molecule has 1 spiro atoms. The summed E-state index contributed by atoms with van der Waals surface area (Å²) in [4.78, 5) is 22.3. The molecule has 140 valence electrons. The fraction of sp³-hybridized carbons (Fsp3) is 0.632. The van der Waals surface area contributed by atoms with Crippen LogP contribution >= 0.6 is 11.6 Å². The highest BCUT2D eigenvalue weighted by Crippen LogP contribution is 2.44. The molecular weight excluding hydrogens is 350 g/mol. The van der Waals surface area contributed by atoms with Crippen LogP contribution in [0.3, 0.4) is 0 Å². The number of aromatic amines is 1. The Bertz CT molecular complexity index is 892. The summed E-state index contributed by atoms with van der Waals surface area (Å²) >= 11 is 6.46. The molecule has 0 saturated carbocycles. The zero-order valence-electron chi connectivity index (χ0n) is 15.7. The minimum absolute atomic E-state index is 0.0570. The molecule has 0 bridgehead atoms. The number of aryl methyl sites for hydroxylation is 3. The molecule has 0 amide bonds. The Balaban J connectivity index is 1.52. The Morgan fingerprint density at radius 2 is 2.00 bits per heavy atom. The summed E-state index contributed by atoms with van der Waals surface area (Å²) in [6.07, 6.45) is 4.90. The topological polar surface area (TPSA) is 66.8 Å². The predicted octanol–water partition coefficient (Wildman–Crippen LogP) is 2.51. The molecule has 3 heterocycles. The van der Waals surface area contributed by atoms with Crippen molar-refractivity contribution in [3.8, 4) is 0 Å². The van der Waals surface area contributed by atoms with Crippen LogP contribution in [0.15, 0.2) is 4.79 Å². The molecule has 2 aromatic heterocycles. The van der Waals surface area contributed by atoms with E-state index in [-0.39, 0.29) is 11.0 Å². The van der Waals surface area contributed by atoms with Gasteiger partial charge in [0.2, 0.25) is 0 Å². The fourth-order valence-corrected chi connectivity index (χ4v) is 4.86. The first-order valence-electron chi connectivity index (χ1n) is 9.46. The van der Waals surface area contributed by atoms with Gasteiger partial charge in [0.15, 0.2) is 0 Å². The third-order valence-corrected chi connectivity index (χ3v) is 6.64. The Labute approximate surface area is 158 Å². The molecule has 1 fully saturated rings. The summed E-state index contributed by atoms with van der Waals surface area (Å²) in [5.74, 6) is 0.729. The van der Waals surface area contributed by atoms with E-state index in [1.165, 1.54) is 0 Å². The number of rotatable bonds is 3. The number of nitrogens with one attached hydrogen (secondary N) is 1. The van der Waals surface area contributed by atoms with Crippen LogP contribution in [0.2, 0.25) is 5.15 Å². The molecule has 1 N–H and O–H groups in total. The van der Waals surface area contributed by atoms with E-state index in [4.69, 9.17) is 16.6 Å². The maximum Gasteiger partial charge on any atom is 0.254 e. The van der Waals surface area contributed by atoms with Crippen molar-refractivity contribution in [1.82, 2.24) is 24.6 Å². The van der Waals surface area contributed by atoms with Gasteiger partial charge in [-0.15, -0.1) is 0 Å². The highest BCUT2D eigenvalue weighted by Gasteiger charge is 2.43. The summed E-state index contributed by atoms with van der Waals surface area (Å²) in [7, 11) is 1.90. The van der Waals surface area contributed by atoms with Gasteiger partial charge >= 0.3 is 0 Å². The van der Waals surface area contributed by atoms with Crippen molar-refractivity contribution in [3.63, 3.8) is 0 Å². The highest BCUT2D eigenvalue weighted by molar-refractivity contribution is 6.30. The van der Waals surface area contributed by atoms with Crippen LogP contribution in [0.25, 0.3) is 0 Å². The van der Waals surface area contributed by atoms with Gasteiger partial charge < -0.3 is 4.98 Å². The molecule has 26 heavy (non-hydrogen) atoms. The van der Waals surface area contributed by atoms with Gasteiger partial charge in [0.1, 0.15) is 11.0 Å². The maximum absolute atomic E-state index is 12.2. The standard InChI is InChI=1S/C19H26ClN5O/c1-4-15-14(17(20)24(3)23-15)11-25-9-7-19(8-10-25)6-5-13-16(19)21-12(2)22-18(13)26/h4-11H2,1-3H3,(H,21,22,26). The van der Waals surface area contributed by atoms with Gasteiger partial charge in [0.05, 0.1) is 11.4 Å². The largest absolute Gasteiger partial charge is 0.311 e. The van der Waals surface area contributed by atoms with Gasteiger partial charge in [-0.1, -0.05) is 18.5 Å². The van der Waals surface area contributed by atoms with Crippen molar-refractivity contribution in [3.05, 3.63) is 43.8 Å². The van der Waals surface area contributed by atoms with Gasteiger partial charge in [-0.2, -0.15) is 5.10 Å². The smallest absolute Gasteiger partial charge is 0.254 e. The number of hydrogen-bond donors (Lipinski definition) is 1. The quantitative estimate of drug-likeness (QED) is 0.895. The van der Waals surface area contributed by atoms with Crippen molar-refractivity contribution in [1.29, 1.82) is 0 Å². The number of halogens is 1. The Morgan fingerprint density at radius 3 is 2.69 bits per heavy atom. The van der Waals surface area contributed by atoms with E-state index in [1.807, 2.05) is 14.0 Å². The highest BCUT2D eigenvalue weighted by atomic mass is 35.5. The lowest BCUT2D eigenvalue weighted by molar-refractivity contribution is 0.149. The van der Waals surface area contributed by atoms with E-state index in [2.05, 4.69) is 21.9 Å². The van der Waals surface area contributed by atoms with Crippen LogP contribution in [-0.4, -0.2) is 37.7 Å². The first kappa shape index (κ1) is 17.7. The Hall–Kier alpha value is -1.66. The molecule has 0 radical (unpaired) electrons. The molecule has 0 aromatic carbocycles. The minimum atomic E-state index is 0.0570. The lowest BCUT2D eigenvalue weighted by Gasteiger charge is -2.39. The SMILES string of the molecule is CCc1nn(C)c(Cl)c1CN1CCC2(CCc3c2nc(C)[nH]c3=O)CC1. The van der Waals surface area contributed by atoms with E-state index in [1.54, 1.807) is 4.68 Å². The predicted molar refractivity (Wildman–Crippen MR) is 102 cm³/mol. The second-order valence-corrected chi connectivity index (χ2v) is 8.09. The van der Waals surface area contributed by atoms with E-state index in [9.17, 15) is 4.79 Å². The van der Waals surface area contributed by atoms with Crippen LogP contribution in [0.1, 0.15) is 54.5 Å². The number of fused-ring (bicyclic) bond motifs is 2. The normalized spacial score (nSPS) is 19.2.